The first-order valence-electron chi connectivity index (χ1n) is 7.40. The van der Waals surface area contributed by atoms with Gasteiger partial charge in [0.15, 0.2) is 5.13 Å². The molecule has 1 aliphatic heterocycles. The predicted molar refractivity (Wildman–Crippen MR) is 93.9 cm³/mol. The number of nitrogens with zero attached hydrogens (tertiary/aromatic N) is 2. The Hall–Kier alpha value is -1.15. The van der Waals surface area contributed by atoms with Crippen molar-refractivity contribution in [2.45, 2.75) is 30.7 Å². The molecule has 1 unspecified atom stereocenters. The number of aromatic nitrogens is 1. The standard InChI is InChI=1S/C15H18ClN3O2S2/c1-11-13(16)5-2-6-14(11)23(20,21)18-10-12-4-3-8-19(12)15-17-7-9-22-15/h2,5-7,9,12,18H,3-4,8,10H2,1H3. The van der Waals surface area contributed by atoms with E-state index in [-0.39, 0.29) is 10.9 Å². The molecule has 0 spiro atoms. The van der Waals surface area contributed by atoms with E-state index in [0.29, 0.717) is 17.1 Å². The lowest BCUT2D eigenvalue weighted by molar-refractivity contribution is 0.566. The summed E-state index contributed by atoms with van der Waals surface area (Å²) >= 11 is 7.61. The quantitative estimate of drug-likeness (QED) is 0.877. The summed E-state index contributed by atoms with van der Waals surface area (Å²) in [5.74, 6) is 0. The van der Waals surface area contributed by atoms with Crippen molar-refractivity contribution in [3.8, 4) is 0 Å². The first-order valence-corrected chi connectivity index (χ1v) is 10.1. The van der Waals surface area contributed by atoms with Gasteiger partial charge in [-0.1, -0.05) is 17.7 Å². The second-order valence-electron chi connectivity index (χ2n) is 5.52. The third kappa shape index (κ3) is 3.52. The minimum absolute atomic E-state index is 0.135. The number of hydrogen-bond acceptors (Lipinski definition) is 5. The van der Waals surface area contributed by atoms with E-state index in [0.717, 1.165) is 24.5 Å². The Morgan fingerprint density at radius 1 is 1.48 bits per heavy atom. The largest absolute Gasteiger partial charge is 0.344 e. The van der Waals surface area contributed by atoms with Gasteiger partial charge in [0.25, 0.3) is 0 Å². The fourth-order valence-electron chi connectivity index (χ4n) is 2.82. The Bertz CT molecular complexity index is 778. The zero-order chi connectivity index (χ0) is 16.4. The van der Waals surface area contributed by atoms with E-state index in [1.54, 1.807) is 42.7 Å². The van der Waals surface area contributed by atoms with Crippen molar-refractivity contribution in [3.63, 3.8) is 0 Å². The fourth-order valence-corrected chi connectivity index (χ4v) is 5.13. The van der Waals surface area contributed by atoms with Gasteiger partial charge in [0.1, 0.15) is 0 Å². The number of anilines is 1. The van der Waals surface area contributed by atoms with Gasteiger partial charge in [-0.25, -0.2) is 18.1 Å². The van der Waals surface area contributed by atoms with Crippen molar-refractivity contribution in [3.05, 3.63) is 40.4 Å². The zero-order valence-corrected chi connectivity index (χ0v) is 15.1. The van der Waals surface area contributed by atoms with Crippen molar-refractivity contribution in [2.75, 3.05) is 18.0 Å². The Kier molecular flexibility index (Phi) is 4.91. The summed E-state index contributed by atoms with van der Waals surface area (Å²) in [5, 5.41) is 3.34. The van der Waals surface area contributed by atoms with Gasteiger partial charge in [0.05, 0.1) is 4.90 Å². The number of benzene rings is 1. The smallest absolute Gasteiger partial charge is 0.240 e. The van der Waals surface area contributed by atoms with Gasteiger partial charge in [-0.05, 0) is 37.5 Å². The van der Waals surface area contributed by atoms with E-state index in [1.165, 1.54) is 0 Å². The molecule has 0 radical (unpaired) electrons. The molecule has 0 saturated carbocycles. The summed E-state index contributed by atoms with van der Waals surface area (Å²) in [5.41, 5.74) is 0.574. The maximum absolute atomic E-state index is 12.6. The van der Waals surface area contributed by atoms with Gasteiger partial charge in [0, 0.05) is 35.7 Å². The molecule has 1 aliphatic rings. The molecule has 1 saturated heterocycles. The number of halogens is 1. The SMILES string of the molecule is Cc1c(Cl)cccc1S(=O)(=O)NCC1CCCN1c1nccs1. The van der Waals surface area contributed by atoms with Crippen molar-refractivity contribution >= 4 is 38.1 Å². The highest BCUT2D eigenvalue weighted by atomic mass is 35.5. The maximum Gasteiger partial charge on any atom is 0.240 e. The molecular weight excluding hydrogens is 354 g/mol. The lowest BCUT2D eigenvalue weighted by Crippen LogP contribution is -2.40. The molecule has 3 rings (SSSR count). The van der Waals surface area contributed by atoms with E-state index in [9.17, 15) is 8.42 Å². The van der Waals surface area contributed by atoms with Crippen LogP contribution in [0.1, 0.15) is 18.4 Å². The van der Waals surface area contributed by atoms with Gasteiger partial charge in [0.2, 0.25) is 10.0 Å². The number of thiazole rings is 1. The average molecular weight is 372 g/mol. The molecule has 2 aromatic rings. The normalized spacial score (nSPS) is 18.5. The van der Waals surface area contributed by atoms with Crippen LogP contribution in [0.3, 0.4) is 0 Å². The first-order chi connectivity index (χ1) is 11.0. The number of sulfonamides is 1. The summed E-state index contributed by atoms with van der Waals surface area (Å²) in [6.07, 6.45) is 3.77. The van der Waals surface area contributed by atoms with Crippen LogP contribution in [0.2, 0.25) is 5.02 Å². The van der Waals surface area contributed by atoms with Crippen LogP contribution in [0.15, 0.2) is 34.7 Å². The van der Waals surface area contributed by atoms with Crippen LogP contribution in [0.25, 0.3) is 0 Å². The fraction of sp³-hybridized carbons (Fsp3) is 0.400. The average Bonchev–Trinajstić information content (AvgIpc) is 3.18. The van der Waals surface area contributed by atoms with Gasteiger partial charge in [-0.3, -0.25) is 0 Å². The number of hydrogen-bond donors (Lipinski definition) is 1. The zero-order valence-electron chi connectivity index (χ0n) is 12.7. The lowest BCUT2D eigenvalue weighted by Gasteiger charge is -2.24. The molecule has 8 heteroatoms. The van der Waals surface area contributed by atoms with Gasteiger partial charge in [-0.15, -0.1) is 11.3 Å². The van der Waals surface area contributed by atoms with Crippen molar-refractivity contribution < 1.29 is 8.42 Å². The number of nitrogens with one attached hydrogen (secondary N) is 1. The van der Waals surface area contributed by atoms with Crippen molar-refractivity contribution in [2.24, 2.45) is 0 Å². The molecule has 5 nitrogen and oxygen atoms in total. The second kappa shape index (κ2) is 6.76. The molecule has 1 fully saturated rings. The van der Waals surface area contributed by atoms with Crippen LogP contribution in [0.4, 0.5) is 5.13 Å². The second-order valence-corrected chi connectivity index (χ2v) is 8.53. The molecule has 0 bridgehead atoms. The Labute approximate surface area is 145 Å². The summed E-state index contributed by atoms with van der Waals surface area (Å²) in [6, 6.07) is 5.06. The van der Waals surface area contributed by atoms with E-state index < -0.39 is 10.0 Å². The highest BCUT2D eigenvalue weighted by molar-refractivity contribution is 7.89. The first kappa shape index (κ1) is 16.7. The highest BCUT2D eigenvalue weighted by Gasteiger charge is 2.28. The van der Waals surface area contributed by atoms with Gasteiger partial charge in [-0.2, -0.15) is 0 Å². The van der Waals surface area contributed by atoms with Crippen molar-refractivity contribution in [1.82, 2.24) is 9.71 Å². The lowest BCUT2D eigenvalue weighted by atomic mass is 10.2. The maximum atomic E-state index is 12.6. The molecule has 1 aromatic carbocycles. The summed E-state index contributed by atoms with van der Waals surface area (Å²) in [4.78, 5) is 6.74. The van der Waals surface area contributed by atoms with E-state index in [1.807, 2.05) is 5.38 Å². The molecular formula is C15H18ClN3O2S2. The van der Waals surface area contributed by atoms with Crippen LogP contribution in [-0.2, 0) is 10.0 Å². The van der Waals surface area contributed by atoms with E-state index in [2.05, 4.69) is 14.6 Å². The molecule has 1 aromatic heterocycles. The minimum atomic E-state index is -3.57. The molecule has 1 N–H and O–H groups in total. The van der Waals surface area contributed by atoms with Crippen LogP contribution in [0.5, 0.6) is 0 Å². The molecule has 1 atom stereocenters. The van der Waals surface area contributed by atoms with Crippen LogP contribution < -0.4 is 9.62 Å². The predicted octanol–water partition coefficient (Wildman–Crippen LogP) is 3.05. The van der Waals surface area contributed by atoms with Gasteiger partial charge < -0.3 is 4.90 Å². The van der Waals surface area contributed by atoms with E-state index in [4.69, 9.17) is 11.6 Å². The summed E-state index contributed by atoms with van der Waals surface area (Å²) in [7, 11) is -3.57. The third-order valence-electron chi connectivity index (χ3n) is 4.06. The molecule has 124 valence electrons. The Balaban J connectivity index is 1.73. The van der Waals surface area contributed by atoms with Crippen LogP contribution >= 0.6 is 22.9 Å². The minimum Gasteiger partial charge on any atom is -0.344 e. The third-order valence-corrected chi connectivity index (χ3v) is 6.84. The summed E-state index contributed by atoms with van der Waals surface area (Å²) in [6.45, 7) is 3.00. The highest BCUT2D eigenvalue weighted by Crippen LogP contribution is 2.27. The van der Waals surface area contributed by atoms with Crippen LogP contribution in [0, 0.1) is 6.92 Å². The Morgan fingerprint density at radius 3 is 3.04 bits per heavy atom. The van der Waals surface area contributed by atoms with Crippen molar-refractivity contribution in [1.29, 1.82) is 0 Å². The van der Waals surface area contributed by atoms with Gasteiger partial charge >= 0.3 is 0 Å². The van der Waals surface area contributed by atoms with Crippen LogP contribution in [-0.4, -0.2) is 32.5 Å². The number of rotatable bonds is 5. The molecule has 2 heterocycles. The summed E-state index contributed by atoms with van der Waals surface area (Å²) < 4.78 is 27.8. The monoisotopic (exact) mass is 371 g/mol. The van der Waals surface area contributed by atoms with E-state index >= 15 is 0 Å². The molecule has 23 heavy (non-hydrogen) atoms. The molecule has 0 aliphatic carbocycles. The topological polar surface area (TPSA) is 62.3 Å². The Morgan fingerprint density at radius 2 is 2.30 bits per heavy atom. The molecule has 0 amide bonds.